The van der Waals surface area contributed by atoms with Gasteiger partial charge in [-0.1, -0.05) is 44.2 Å². The smallest absolute Gasteiger partial charge is 0.258 e. The van der Waals surface area contributed by atoms with Crippen LogP contribution in [0.15, 0.2) is 29.1 Å². The number of para-hydroxylation sites is 1. The Morgan fingerprint density at radius 3 is 2.61 bits per heavy atom. The maximum atomic E-state index is 12.4. The maximum absolute atomic E-state index is 12.4. The van der Waals surface area contributed by atoms with Crippen LogP contribution in [0, 0.1) is 5.92 Å². The zero-order valence-electron chi connectivity index (χ0n) is 13.3. The second-order valence-corrected chi connectivity index (χ2v) is 6.29. The van der Waals surface area contributed by atoms with Crippen molar-refractivity contribution in [1.29, 1.82) is 0 Å². The lowest BCUT2D eigenvalue weighted by Gasteiger charge is -2.18. The van der Waals surface area contributed by atoms with Gasteiger partial charge < -0.3 is 10.3 Å². The molecule has 5 nitrogen and oxygen atoms in total. The van der Waals surface area contributed by atoms with E-state index in [1.807, 2.05) is 18.2 Å². The summed E-state index contributed by atoms with van der Waals surface area (Å²) in [7, 11) is 0. The third kappa shape index (κ3) is 3.97. The summed E-state index contributed by atoms with van der Waals surface area (Å²) in [5, 5.41) is 3.51. The van der Waals surface area contributed by atoms with Crippen LogP contribution in [0.25, 0.3) is 10.9 Å². The minimum Gasteiger partial charge on any atom is -0.349 e. The lowest BCUT2D eigenvalue weighted by Crippen LogP contribution is -2.32. The molecule has 0 spiro atoms. The number of hydrogen-bond acceptors (Lipinski definition) is 3. The van der Waals surface area contributed by atoms with Crippen molar-refractivity contribution in [2.24, 2.45) is 5.92 Å². The van der Waals surface area contributed by atoms with Crippen molar-refractivity contribution < 1.29 is 4.79 Å². The monoisotopic (exact) mass is 313 g/mol. The van der Waals surface area contributed by atoms with Gasteiger partial charge in [0.05, 0.1) is 17.4 Å². The van der Waals surface area contributed by atoms with Gasteiger partial charge in [0.2, 0.25) is 5.91 Å². The number of carbonyl (C=O) groups is 1. The Bertz CT molecular complexity index is 730. The van der Waals surface area contributed by atoms with Gasteiger partial charge in [-0.05, 0) is 25.0 Å². The van der Waals surface area contributed by atoms with Crippen LogP contribution >= 0.6 is 0 Å². The van der Waals surface area contributed by atoms with Crippen molar-refractivity contribution >= 4 is 16.8 Å². The van der Waals surface area contributed by atoms with Crippen LogP contribution in [0.2, 0.25) is 0 Å². The summed E-state index contributed by atoms with van der Waals surface area (Å²) >= 11 is 0. The number of nitrogens with zero attached hydrogens (tertiary/aromatic N) is 1. The molecule has 1 amide bonds. The summed E-state index contributed by atoms with van der Waals surface area (Å²) in [4.78, 5) is 31.5. The molecule has 1 fully saturated rings. The number of benzene rings is 1. The molecule has 122 valence electrons. The highest BCUT2D eigenvalue weighted by Gasteiger charge is 2.19. The summed E-state index contributed by atoms with van der Waals surface area (Å²) in [6, 6.07) is 7.23. The van der Waals surface area contributed by atoms with Crippen LogP contribution in [0.5, 0.6) is 0 Å². The number of nitrogens with one attached hydrogen (secondary N) is 2. The fourth-order valence-electron chi connectivity index (χ4n) is 3.25. The van der Waals surface area contributed by atoms with E-state index < -0.39 is 0 Å². The predicted molar refractivity (Wildman–Crippen MR) is 90.0 cm³/mol. The van der Waals surface area contributed by atoms with E-state index in [1.54, 1.807) is 6.07 Å². The number of hydrogen-bond donors (Lipinski definition) is 2. The maximum Gasteiger partial charge on any atom is 0.258 e. The number of fused-ring (bicyclic) bond motifs is 1. The average Bonchev–Trinajstić information content (AvgIpc) is 2.52. The summed E-state index contributed by atoms with van der Waals surface area (Å²) in [6.45, 7) is 0.273. The molecule has 3 rings (SSSR count). The first-order chi connectivity index (χ1) is 11.2. The third-order valence-electron chi connectivity index (χ3n) is 4.57. The van der Waals surface area contributed by atoms with E-state index in [4.69, 9.17) is 0 Å². The van der Waals surface area contributed by atoms with E-state index in [9.17, 15) is 9.59 Å². The van der Waals surface area contributed by atoms with E-state index in [2.05, 4.69) is 15.3 Å². The highest BCUT2D eigenvalue weighted by atomic mass is 16.2. The van der Waals surface area contributed by atoms with Crippen LogP contribution in [-0.4, -0.2) is 15.9 Å². The Morgan fingerprint density at radius 1 is 1.13 bits per heavy atom. The quantitative estimate of drug-likeness (QED) is 0.915. The van der Waals surface area contributed by atoms with Gasteiger partial charge in [0.15, 0.2) is 0 Å². The van der Waals surface area contributed by atoms with Crippen molar-refractivity contribution in [3.8, 4) is 0 Å². The molecule has 0 radical (unpaired) electrons. The number of H-pyrrole nitrogens is 1. The third-order valence-corrected chi connectivity index (χ3v) is 4.57. The van der Waals surface area contributed by atoms with Crippen LogP contribution < -0.4 is 10.9 Å². The minimum absolute atomic E-state index is 0.0858. The van der Waals surface area contributed by atoms with Crippen LogP contribution in [0.4, 0.5) is 0 Å². The van der Waals surface area contributed by atoms with E-state index in [1.165, 1.54) is 19.3 Å². The predicted octanol–water partition coefficient (Wildman–Crippen LogP) is 2.90. The Morgan fingerprint density at radius 2 is 1.83 bits per heavy atom. The minimum atomic E-state index is -0.161. The lowest BCUT2D eigenvalue weighted by molar-refractivity contribution is -0.125. The summed E-state index contributed by atoms with van der Waals surface area (Å²) in [5.74, 6) is 0.693. The first-order valence-electron chi connectivity index (χ1n) is 8.50. The van der Waals surface area contributed by atoms with Gasteiger partial charge >= 0.3 is 0 Å². The van der Waals surface area contributed by atoms with Gasteiger partial charge in [-0.15, -0.1) is 0 Å². The molecule has 2 aromatic rings. The summed E-state index contributed by atoms with van der Waals surface area (Å²) in [6.07, 6.45) is 7.93. The summed E-state index contributed by atoms with van der Waals surface area (Å²) in [5.41, 5.74) is 0.497. The van der Waals surface area contributed by atoms with Gasteiger partial charge in [0.1, 0.15) is 5.82 Å². The van der Waals surface area contributed by atoms with E-state index in [-0.39, 0.29) is 23.9 Å². The number of aromatic nitrogens is 2. The van der Waals surface area contributed by atoms with Crippen LogP contribution in [0.3, 0.4) is 0 Å². The largest absolute Gasteiger partial charge is 0.349 e. The molecule has 1 heterocycles. The SMILES string of the molecule is O=C(NCc1nc2ccccc2c(=O)[nH]1)C1CCCCCCC1. The zero-order chi connectivity index (χ0) is 16.1. The lowest BCUT2D eigenvalue weighted by atomic mass is 9.90. The van der Waals surface area contributed by atoms with Crippen molar-refractivity contribution in [2.45, 2.75) is 51.5 Å². The highest BCUT2D eigenvalue weighted by molar-refractivity contribution is 5.79. The van der Waals surface area contributed by atoms with Crippen molar-refractivity contribution in [2.75, 3.05) is 0 Å². The molecule has 23 heavy (non-hydrogen) atoms. The molecular formula is C18H23N3O2. The molecule has 0 unspecified atom stereocenters. The number of carbonyl (C=O) groups excluding carboxylic acids is 1. The van der Waals surface area contributed by atoms with Crippen molar-refractivity contribution in [3.63, 3.8) is 0 Å². The second kappa shape index (κ2) is 7.40. The Labute approximate surface area is 135 Å². The zero-order valence-corrected chi connectivity index (χ0v) is 13.3. The molecule has 0 atom stereocenters. The Hall–Kier alpha value is -2.17. The molecule has 1 saturated carbocycles. The fourth-order valence-corrected chi connectivity index (χ4v) is 3.25. The number of amides is 1. The van der Waals surface area contributed by atoms with Gasteiger partial charge in [-0.25, -0.2) is 4.98 Å². The average molecular weight is 313 g/mol. The molecule has 0 aliphatic heterocycles. The Balaban J connectivity index is 1.65. The van der Waals surface area contributed by atoms with Gasteiger partial charge in [-0.3, -0.25) is 9.59 Å². The molecule has 0 saturated heterocycles. The highest BCUT2D eigenvalue weighted by Crippen LogP contribution is 2.22. The molecule has 1 aliphatic rings. The van der Waals surface area contributed by atoms with E-state index >= 15 is 0 Å². The first kappa shape index (κ1) is 15.7. The first-order valence-corrected chi connectivity index (χ1v) is 8.50. The molecule has 1 aromatic carbocycles. The van der Waals surface area contributed by atoms with Crippen molar-refractivity contribution in [3.05, 3.63) is 40.4 Å². The number of aromatic amines is 1. The topological polar surface area (TPSA) is 74.8 Å². The van der Waals surface area contributed by atoms with Crippen LogP contribution in [-0.2, 0) is 11.3 Å². The van der Waals surface area contributed by atoms with E-state index in [0.717, 1.165) is 25.7 Å². The molecule has 1 aromatic heterocycles. The molecular weight excluding hydrogens is 290 g/mol. The normalized spacial score (nSPS) is 16.7. The molecule has 2 N–H and O–H groups in total. The van der Waals surface area contributed by atoms with Gasteiger partial charge in [-0.2, -0.15) is 0 Å². The molecule has 1 aliphatic carbocycles. The fraction of sp³-hybridized carbons (Fsp3) is 0.500. The van der Waals surface area contributed by atoms with Crippen molar-refractivity contribution in [1.82, 2.24) is 15.3 Å². The van der Waals surface area contributed by atoms with Crippen LogP contribution in [0.1, 0.15) is 50.8 Å². The van der Waals surface area contributed by atoms with Gasteiger partial charge in [0, 0.05) is 5.92 Å². The number of rotatable bonds is 3. The standard InChI is InChI=1S/C18H23N3O2/c22-17(13-8-4-2-1-3-5-9-13)19-12-16-20-15-11-7-6-10-14(15)18(23)21-16/h6-7,10-11,13H,1-5,8-9,12H2,(H,19,22)(H,20,21,23). The second-order valence-electron chi connectivity index (χ2n) is 6.29. The molecule has 0 bridgehead atoms. The summed E-state index contributed by atoms with van der Waals surface area (Å²) < 4.78 is 0. The molecule has 5 heteroatoms. The van der Waals surface area contributed by atoms with Gasteiger partial charge in [0.25, 0.3) is 5.56 Å². The van der Waals surface area contributed by atoms with E-state index in [0.29, 0.717) is 16.7 Å². The Kier molecular flexibility index (Phi) is 5.05.